The van der Waals surface area contributed by atoms with Gasteiger partial charge in [-0.25, -0.2) is 0 Å². The minimum absolute atomic E-state index is 0.173. The second-order valence-electron chi connectivity index (χ2n) is 8.59. The van der Waals surface area contributed by atoms with Crippen LogP contribution < -0.4 is 4.90 Å². The van der Waals surface area contributed by atoms with E-state index in [1.165, 1.54) is 24.0 Å². The van der Waals surface area contributed by atoms with E-state index in [0.29, 0.717) is 6.42 Å². The molecule has 0 aromatic heterocycles. The zero-order valence-corrected chi connectivity index (χ0v) is 17.8. The minimum Gasteiger partial charge on any atom is -0.310 e. The summed E-state index contributed by atoms with van der Waals surface area (Å²) in [7, 11) is 0. The molecule has 0 atom stereocenters. The molecular formula is C25H33N3O. The van der Waals surface area contributed by atoms with E-state index in [-0.39, 0.29) is 11.4 Å². The number of aryl methyl sites for hydroxylation is 1. The SMILES string of the molecule is CCC(=O)N(CC1(N2CCN(Cc3ccccc3)CC2)CC1)c1ccccc1C. The number of carbonyl (C=O) groups excluding carboxylic acids is 1. The van der Waals surface area contributed by atoms with E-state index in [1.54, 1.807) is 0 Å². The Labute approximate surface area is 175 Å². The zero-order chi connectivity index (χ0) is 20.3. The minimum atomic E-state index is 0.173. The number of hydrogen-bond acceptors (Lipinski definition) is 3. The second-order valence-corrected chi connectivity index (χ2v) is 8.59. The van der Waals surface area contributed by atoms with Crippen molar-refractivity contribution >= 4 is 11.6 Å². The van der Waals surface area contributed by atoms with Gasteiger partial charge in [-0.15, -0.1) is 0 Å². The Bertz CT molecular complexity index is 823. The van der Waals surface area contributed by atoms with Gasteiger partial charge in [-0.3, -0.25) is 14.6 Å². The number of rotatable bonds is 7. The van der Waals surface area contributed by atoms with E-state index in [1.807, 2.05) is 19.1 Å². The van der Waals surface area contributed by atoms with E-state index in [4.69, 9.17) is 0 Å². The van der Waals surface area contributed by atoms with Crippen molar-refractivity contribution in [2.45, 2.75) is 45.2 Å². The average molecular weight is 392 g/mol. The number of piperazine rings is 1. The molecule has 2 aromatic carbocycles. The molecule has 4 rings (SSSR count). The van der Waals surface area contributed by atoms with Crippen LogP contribution in [0.3, 0.4) is 0 Å². The lowest BCUT2D eigenvalue weighted by atomic mass is 10.1. The second kappa shape index (κ2) is 8.68. The summed E-state index contributed by atoms with van der Waals surface area (Å²) < 4.78 is 0. The maximum Gasteiger partial charge on any atom is 0.226 e. The van der Waals surface area contributed by atoms with E-state index in [0.717, 1.165) is 45.0 Å². The molecule has 1 saturated heterocycles. The molecule has 1 heterocycles. The molecule has 154 valence electrons. The van der Waals surface area contributed by atoms with Crippen LogP contribution >= 0.6 is 0 Å². The van der Waals surface area contributed by atoms with E-state index in [2.05, 4.69) is 64.1 Å². The predicted molar refractivity (Wildman–Crippen MR) is 119 cm³/mol. The highest BCUT2D eigenvalue weighted by Crippen LogP contribution is 2.44. The third kappa shape index (κ3) is 4.54. The average Bonchev–Trinajstić information content (AvgIpc) is 3.54. The first-order chi connectivity index (χ1) is 14.1. The van der Waals surface area contributed by atoms with Crippen molar-refractivity contribution in [1.29, 1.82) is 0 Å². The molecule has 1 saturated carbocycles. The Morgan fingerprint density at radius 2 is 1.62 bits per heavy atom. The van der Waals surface area contributed by atoms with Crippen molar-refractivity contribution in [3.63, 3.8) is 0 Å². The van der Waals surface area contributed by atoms with Crippen LogP contribution in [0.25, 0.3) is 0 Å². The quantitative estimate of drug-likeness (QED) is 0.711. The molecule has 1 amide bonds. The summed E-state index contributed by atoms with van der Waals surface area (Å²) in [5, 5.41) is 0. The van der Waals surface area contributed by atoms with Crippen molar-refractivity contribution in [3.8, 4) is 0 Å². The van der Waals surface area contributed by atoms with Crippen LogP contribution in [0.1, 0.15) is 37.3 Å². The van der Waals surface area contributed by atoms with Crippen molar-refractivity contribution in [2.75, 3.05) is 37.6 Å². The number of amides is 1. The van der Waals surface area contributed by atoms with Gasteiger partial charge in [0.1, 0.15) is 0 Å². The number of anilines is 1. The van der Waals surface area contributed by atoms with Crippen molar-refractivity contribution in [1.82, 2.24) is 9.80 Å². The standard InChI is InChI=1S/C25H33N3O/c1-3-24(29)28(23-12-8-7-9-21(23)2)20-25(13-14-25)27-17-15-26(16-18-27)19-22-10-5-4-6-11-22/h4-12H,3,13-20H2,1-2H3. The molecular weight excluding hydrogens is 358 g/mol. The van der Waals surface area contributed by atoms with Crippen LogP contribution in [-0.4, -0.2) is 54.0 Å². The van der Waals surface area contributed by atoms with Crippen molar-refractivity contribution in [3.05, 3.63) is 65.7 Å². The lowest BCUT2D eigenvalue weighted by Gasteiger charge is -2.42. The van der Waals surface area contributed by atoms with Gasteiger partial charge in [0.05, 0.1) is 0 Å². The van der Waals surface area contributed by atoms with Crippen LogP contribution in [-0.2, 0) is 11.3 Å². The molecule has 2 fully saturated rings. The van der Waals surface area contributed by atoms with Crippen molar-refractivity contribution in [2.24, 2.45) is 0 Å². The first kappa shape index (κ1) is 20.1. The predicted octanol–water partition coefficient (Wildman–Crippen LogP) is 4.09. The molecule has 0 bridgehead atoms. The normalized spacial score (nSPS) is 19.1. The maximum atomic E-state index is 12.8. The summed E-state index contributed by atoms with van der Waals surface area (Å²) in [5.41, 5.74) is 3.82. The number of nitrogens with zero attached hydrogens (tertiary/aromatic N) is 3. The van der Waals surface area contributed by atoms with Gasteiger partial charge >= 0.3 is 0 Å². The number of benzene rings is 2. The highest BCUT2D eigenvalue weighted by molar-refractivity contribution is 5.94. The maximum absolute atomic E-state index is 12.8. The molecule has 0 N–H and O–H groups in total. The van der Waals surface area contributed by atoms with Crippen LogP contribution in [0.2, 0.25) is 0 Å². The van der Waals surface area contributed by atoms with Gasteiger partial charge in [-0.2, -0.15) is 0 Å². The van der Waals surface area contributed by atoms with Crippen LogP contribution in [0.15, 0.2) is 54.6 Å². The van der Waals surface area contributed by atoms with Gasteiger partial charge in [0, 0.05) is 56.9 Å². The number of carbonyl (C=O) groups is 1. The Hall–Kier alpha value is -2.17. The van der Waals surface area contributed by atoms with E-state index in [9.17, 15) is 4.79 Å². The van der Waals surface area contributed by atoms with Crippen molar-refractivity contribution < 1.29 is 4.79 Å². The molecule has 1 aliphatic carbocycles. The number of para-hydroxylation sites is 1. The fourth-order valence-electron chi connectivity index (χ4n) is 4.60. The summed E-state index contributed by atoms with van der Waals surface area (Å²) in [4.78, 5) is 20.1. The Balaban J connectivity index is 1.41. The highest BCUT2D eigenvalue weighted by Gasteiger charge is 2.50. The molecule has 4 heteroatoms. The van der Waals surface area contributed by atoms with Gasteiger partial charge in [0.15, 0.2) is 0 Å². The molecule has 0 spiro atoms. The molecule has 1 aliphatic heterocycles. The van der Waals surface area contributed by atoms with Gasteiger partial charge < -0.3 is 4.90 Å². The third-order valence-electron chi connectivity index (χ3n) is 6.58. The summed E-state index contributed by atoms with van der Waals surface area (Å²) in [6.45, 7) is 10.3. The van der Waals surface area contributed by atoms with Crippen LogP contribution in [0.5, 0.6) is 0 Å². The van der Waals surface area contributed by atoms with Crippen LogP contribution in [0, 0.1) is 6.92 Å². The largest absolute Gasteiger partial charge is 0.310 e. The van der Waals surface area contributed by atoms with Crippen LogP contribution in [0.4, 0.5) is 5.69 Å². The van der Waals surface area contributed by atoms with Gasteiger partial charge in [-0.1, -0.05) is 55.5 Å². The molecule has 0 radical (unpaired) electrons. The van der Waals surface area contributed by atoms with E-state index >= 15 is 0 Å². The van der Waals surface area contributed by atoms with Gasteiger partial charge in [0.25, 0.3) is 0 Å². The summed E-state index contributed by atoms with van der Waals surface area (Å²) >= 11 is 0. The lowest BCUT2D eigenvalue weighted by molar-refractivity contribution is -0.118. The molecule has 29 heavy (non-hydrogen) atoms. The Kier molecular flexibility index (Phi) is 6.02. The number of hydrogen-bond donors (Lipinski definition) is 0. The fraction of sp³-hybridized carbons (Fsp3) is 0.480. The summed E-state index contributed by atoms with van der Waals surface area (Å²) in [6, 6.07) is 19.0. The Morgan fingerprint density at radius 3 is 2.24 bits per heavy atom. The molecule has 2 aliphatic rings. The molecule has 4 nitrogen and oxygen atoms in total. The Morgan fingerprint density at radius 1 is 0.966 bits per heavy atom. The van der Waals surface area contributed by atoms with E-state index < -0.39 is 0 Å². The first-order valence-corrected chi connectivity index (χ1v) is 11.0. The monoisotopic (exact) mass is 391 g/mol. The molecule has 0 unspecified atom stereocenters. The van der Waals surface area contributed by atoms with Gasteiger partial charge in [-0.05, 0) is 37.0 Å². The summed E-state index contributed by atoms with van der Waals surface area (Å²) in [6.07, 6.45) is 2.95. The topological polar surface area (TPSA) is 26.8 Å². The first-order valence-electron chi connectivity index (χ1n) is 11.0. The third-order valence-corrected chi connectivity index (χ3v) is 6.58. The molecule has 2 aromatic rings. The smallest absolute Gasteiger partial charge is 0.226 e. The summed E-state index contributed by atoms with van der Waals surface area (Å²) in [5.74, 6) is 0.230. The highest BCUT2D eigenvalue weighted by atomic mass is 16.2. The zero-order valence-electron chi connectivity index (χ0n) is 17.8. The fourth-order valence-corrected chi connectivity index (χ4v) is 4.60. The lowest BCUT2D eigenvalue weighted by Crippen LogP contribution is -2.55. The van der Waals surface area contributed by atoms with Gasteiger partial charge in [0.2, 0.25) is 5.91 Å².